The molecule has 0 amide bonds. The van der Waals surface area contributed by atoms with Crippen LogP contribution in [-0.4, -0.2) is 54.5 Å². The molecule has 7 rings (SSSR count). The molecule has 9 heteroatoms. The summed E-state index contributed by atoms with van der Waals surface area (Å²) in [4.78, 5) is 12.0. The van der Waals surface area contributed by atoms with E-state index in [-0.39, 0.29) is 12.1 Å². The Kier molecular flexibility index (Phi) is 4.63. The van der Waals surface area contributed by atoms with Crippen LogP contribution < -0.4 is 15.4 Å². The smallest absolute Gasteiger partial charge is 0.147 e. The van der Waals surface area contributed by atoms with E-state index < -0.39 is 5.60 Å². The van der Waals surface area contributed by atoms with E-state index >= 15 is 0 Å². The number of nitrogens with zero attached hydrogens (tertiary/aromatic N) is 6. The molecule has 4 aliphatic rings. The van der Waals surface area contributed by atoms with Crippen molar-refractivity contribution in [2.45, 2.75) is 69.2 Å². The van der Waals surface area contributed by atoms with Crippen molar-refractivity contribution >= 4 is 11.3 Å². The number of nitriles is 1. The highest BCUT2D eigenvalue weighted by atomic mass is 16.5. The van der Waals surface area contributed by atoms with Gasteiger partial charge in [0.15, 0.2) is 0 Å². The Morgan fingerprint density at radius 3 is 2.59 bits per heavy atom. The molecule has 4 atom stereocenters. The molecule has 5 heterocycles. The molecule has 4 bridgehead atoms. The van der Waals surface area contributed by atoms with Gasteiger partial charge in [0.25, 0.3) is 0 Å². The summed E-state index contributed by atoms with van der Waals surface area (Å²) in [5.41, 5.74) is 8.14. The molecule has 0 aromatic carbocycles. The van der Waals surface area contributed by atoms with Gasteiger partial charge in [0.2, 0.25) is 0 Å². The van der Waals surface area contributed by atoms with Crippen molar-refractivity contribution in [2.24, 2.45) is 11.7 Å². The lowest BCUT2D eigenvalue weighted by Gasteiger charge is -2.60. The number of aromatic nitrogens is 4. The van der Waals surface area contributed by atoms with E-state index in [0.717, 1.165) is 31.0 Å². The summed E-state index contributed by atoms with van der Waals surface area (Å²) < 4.78 is 7.43. The second-order valence-electron chi connectivity index (χ2n) is 10.9. The molecule has 4 fully saturated rings. The highest BCUT2D eigenvalue weighted by molar-refractivity contribution is 5.83. The van der Waals surface area contributed by atoms with Crippen LogP contribution in [0.5, 0.6) is 5.75 Å². The molecule has 2 saturated carbocycles. The Bertz CT molecular complexity index is 1270. The third-order valence-electron chi connectivity index (χ3n) is 7.46. The number of piperidine rings is 2. The Morgan fingerprint density at radius 2 is 1.97 bits per heavy atom. The predicted molar refractivity (Wildman–Crippen MR) is 126 cm³/mol. The van der Waals surface area contributed by atoms with E-state index in [1.165, 1.54) is 19.0 Å². The maximum Gasteiger partial charge on any atom is 0.147 e. The van der Waals surface area contributed by atoms with Gasteiger partial charge in [0, 0.05) is 23.2 Å². The Morgan fingerprint density at radius 1 is 1.21 bits per heavy atom. The molecule has 2 unspecified atom stereocenters. The van der Waals surface area contributed by atoms with E-state index in [2.05, 4.69) is 16.1 Å². The minimum Gasteiger partial charge on any atom is -0.489 e. The topological polar surface area (TPSA) is 126 Å². The standard InChI is InChI=1S/C25H29N7O2/c1-24(2,33)14-34-19-5-20(23-16(9-26)10-30-31(23)13-19)21-11-29-22(12-28-21)32-17-3-15-4-18(32)8-25(27,6-15)7-17/h5,10-13,15,17-18,33H,3-4,6-8,14,27H2,1-2H3/t15?,17-,18+,25?. The summed E-state index contributed by atoms with van der Waals surface area (Å²) in [6, 6.07) is 4.90. The van der Waals surface area contributed by atoms with Crippen LogP contribution in [0.2, 0.25) is 0 Å². The Hall–Kier alpha value is -3.22. The van der Waals surface area contributed by atoms with Gasteiger partial charge in [-0.05, 0) is 57.9 Å². The molecule has 9 nitrogen and oxygen atoms in total. The number of hydrogen-bond donors (Lipinski definition) is 2. The van der Waals surface area contributed by atoms with Crippen molar-refractivity contribution in [2.75, 3.05) is 11.5 Å². The second-order valence-corrected chi connectivity index (χ2v) is 10.9. The lowest BCUT2D eigenvalue weighted by Crippen LogP contribution is -2.67. The van der Waals surface area contributed by atoms with E-state index in [1.54, 1.807) is 30.8 Å². The fourth-order valence-corrected chi connectivity index (χ4v) is 6.37. The first-order chi connectivity index (χ1) is 16.2. The lowest BCUT2D eigenvalue weighted by molar-refractivity contribution is 0.0283. The van der Waals surface area contributed by atoms with Crippen LogP contribution in [0, 0.1) is 17.2 Å². The number of nitrogens with two attached hydrogens (primary N) is 1. The van der Waals surface area contributed by atoms with Crippen LogP contribution in [0.1, 0.15) is 51.5 Å². The molecule has 3 aromatic heterocycles. The minimum atomic E-state index is -0.978. The molecule has 0 spiro atoms. The lowest BCUT2D eigenvalue weighted by atomic mass is 9.60. The summed E-state index contributed by atoms with van der Waals surface area (Å²) in [6.45, 7) is 3.49. The maximum absolute atomic E-state index is 10.1. The first kappa shape index (κ1) is 21.3. The third-order valence-corrected chi connectivity index (χ3v) is 7.46. The van der Waals surface area contributed by atoms with Gasteiger partial charge in [0.1, 0.15) is 24.2 Å². The molecule has 3 aromatic rings. The first-order valence-corrected chi connectivity index (χ1v) is 11.9. The molecular weight excluding hydrogens is 430 g/mol. The maximum atomic E-state index is 10.1. The van der Waals surface area contributed by atoms with Gasteiger partial charge in [-0.1, -0.05) is 0 Å². The molecule has 2 aliphatic carbocycles. The van der Waals surface area contributed by atoms with E-state index in [4.69, 9.17) is 20.4 Å². The summed E-state index contributed by atoms with van der Waals surface area (Å²) >= 11 is 0. The summed E-state index contributed by atoms with van der Waals surface area (Å²) in [5, 5.41) is 24.0. The largest absolute Gasteiger partial charge is 0.489 e. The highest BCUT2D eigenvalue weighted by Crippen LogP contribution is 2.51. The zero-order valence-corrected chi connectivity index (χ0v) is 19.5. The average molecular weight is 460 g/mol. The molecule has 2 aliphatic heterocycles. The second kappa shape index (κ2) is 7.39. The molecule has 0 radical (unpaired) electrons. The minimum absolute atomic E-state index is 0.00868. The zero-order chi connectivity index (χ0) is 23.7. The molecule has 2 saturated heterocycles. The van der Waals surface area contributed by atoms with Crippen LogP contribution in [0.3, 0.4) is 0 Å². The van der Waals surface area contributed by atoms with Crippen molar-refractivity contribution in [3.05, 3.63) is 36.4 Å². The fourth-order valence-electron chi connectivity index (χ4n) is 6.37. The van der Waals surface area contributed by atoms with E-state index in [1.807, 2.05) is 12.3 Å². The molecule has 176 valence electrons. The van der Waals surface area contributed by atoms with Crippen molar-refractivity contribution in [3.63, 3.8) is 0 Å². The number of ether oxygens (including phenoxy) is 1. The number of anilines is 1. The third kappa shape index (κ3) is 3.58. The summed E-state index contributed by atoms with van der Waals surface area (Å²) in [5.74, 6) is 2.15. The molecular formula is C25H29N7O2. The van der Waals surface area contributed by atoms with Crippen LogP contribution in [0.25, 0.3) is 16.8 Å². The van der Waals surface area contributed by atoms with Gasteiger partial charge in [-0.2, -0.15) is 10.4 Å². The van der Waals surface area contributed by atoms with Crippen molar-refractivity contribution in [1.82, 2.24) is 19.6 Å². The quantitative estimate of drug-likeness (QED) is 0.596. The predicted octanol–water partition coefficient (Wildman–Crippen LogP) is 2.66. The van der Waals surface area contributed by atoms with Crippen LogP contribution in [-0.2, 0) is 0 Å². The van der Waals surface area contributed by atoms with Gasteiger partial charge < -0.3 is 20.5 Å². The van der Waals surface area contributed by atoms with Gasteiger partial charge >= 0.3 is 0 Å². The summed E-state index contributed by atoms with van der Waals surface area (Å²) in [7, 11) is 0. The van der Waals surface area contributed by atoms with Crippen LogP contribution in [0.15, 0.2) is 30.9 Å². The number of pyridine rings is 1. The van der Waals surface area contributed by atoms with Crippen molar-refractivity contribution in [3.8, 4) is 23.1 Å². The average Bonchev–Trinajstić information content (AvgIpc) is 3.19. The Balaban J connectivity index is 1.35. The van der Waals surface area contributed by atoms with Crippen LogP contribution in [0.4, 0.5) is 5.82 Å². The van der Waals surface area contributed by atoms with E-state index in [0.29, 0.717) is 40.2 Å². The van der Waals surface area contributed by atoms with Gasteiger partial charge in [-0.15, -0.1) is 0 Å². The first-order valence-electron chi connectivity index (χ1n) is 11.9. The Labute approximate surface area is 198 Å². The van der Waals surface area contributed by atoms with Gasteiger partial charge in [-0.25, -0.2) is 9.50 Å². The van der Waals surface area contributed by atoms with Crippen molar-refractivity contribution in [1.29, 1.82) is 5.26 Å². The zero-order valence-electron chi connectivity index (χ0n) is 19.5. The normalized spacial score (nSPS) is 27.9. The number of hydrogen-bond acceptors (Lipinski definition) is 8. The number of aliphatic hydroxyl groups is 1. The number of fused-ring (bicyclic) bond motifs is 1. The molecule has 34 heavy (non-hydrogen) atoms. The monoisotopic (exact) mass is 459 g/mol. The van der Waals surface area contributed by atoms with E-state index in [9.17, 15) is 10.4 Å². The number of rotatable bonds is 5. The van der Waals surface area contributed by atoms with Gasteiger partial charge in [-0.3, -0.25) is 4.98 Å². The highest BCUT2D eigenvalue weighted by Gasteiger charge is 2.53. The summed E-state index contributed by atoms with van der Waals surface area (Å²) in [6.07, 6.45) is 12.4. The fraction of sp³-hybridized carbons (Fsp3) is 0.520. The van der Waals surface area contributed by atoms with Crippen LogP contribution >= 0.6 is 0 Å². The van der Waals surface area contributed by atoms with Crippen molar-refractivity contribution < 1.29 is 9.84 Å². The van der Waals surface area contributed by atoms with Gasteiger partial charge in [0.05, 0.1) is 47.2 Å². The molecule has 3 N–H and O–H groups in total. The SMILES string of the molecule is CC(C)(O)COc1cc(-c2cnc(N3[C@@H]4CC5C[C@H]3CC(N)(C5)C4)cn2)c2c(C#N)cnn2c1.